The second kappa shape index (κ2) is 7.94. The summed E-state index contributed by atoms with van der Waals surface area (Å²) in [5.74, 6) is 0.959. The number of benzene rings is 1. The van der Waals surface area contributed by atoms with Gasteiger partial charge in [-0.25, -0.2) is 0 Å². The van der Waals surface area contributed by atoms with Crippen LogP contribution in [0.3, 0.4) is 0 Å². The molecule has 0 radical (unpaired) electrons. The first kappa shape index (κ1) is 18.7. The summed E-state index contributed by atoms with van der Waals surface area (Å²) in [5, 5.41) is 14.4. The van der Waals surface area contributed by atoms with E-state index in [-0.39, 0.29) is 24.0 Å². The van der Waals surface area contributed by atoms with E-state index in [0.717, 1.165) is 30.8 Å². The molecule has 0 aliphatic carbocycles. The van der Waals surface area contributed by atoms with Crippen LogP contribution in [0.25, 0.3) is 0 Å². The van der Waals surface area contributed by atoms with Crippen molar-refractivity contribution in [2.75, 3.05) is 24.5 Å². The number of hydrogen-bond donors (Lipinski definition) is 1. The molecule has 1 fully saturated rings. The topological polar surface area (TPSA) is 75.5 Å². The maximum absolute atomic E-state index is 12.7. The van der Waals surface area contributed by atoms with Crippen LogP contribution >= 0.6 is 12.4 Å². The second-order valence-corrected chi connectivity index (χ2v) is 6.65. The maximum Gasteiger partial charge on any atom is 0.271 e. The van der Waals surface area contributed by atoms with E-state index < -0.39 is 4.92 Å². The van der Waals surface area contributed by atoms with E-state index in [4.69, 9.17) is 0 Å². The van der Waals surface area contributed by atoms with Crippen molar-refractivity contribution in [3.63, 3.8) is 0 Å². The van der Waals surface area contributed by atoms with Gasteiger partial charge >= 0.3 is 0 Å². The van der Waals surface area contributed by atoms with Crippen LogP contribution in [0.5, 0.6) is 0 Å². The molecule has 2 aliphatic rings. The standard InChI is InChI=1S/C17H23N3O3.ClH/c1-12(14-3-2-7-18-11-14)9-17(21)19-8-6-13-4-5-15(20(22)23)10-16(13)19;/h4-5,10,12,14,18H,2-3,6-9,11H2,1H3;1H. The normalized spacial score (nSPS) is 20.9. The average molecular weight is 354 g/mol. The first-order valence-corrected chi connectivity index (χ1v) is 8.34. The molecule has 0 bridgehead atoms. The monoisotopic (exact) mass is 353 g/mol. The third kappa shape index (κ3) is 3.87. The lowest BCUT2D eigenvalue weighted by Crippen LogP contribution is -2.36. The highest BCUT2D eigenvalue weighted by Crippen LogP contribution is 2.33. The van der Waals surface area contributed by atoms with E-state index >= 15 is 0 Å². The predicted octanol–water partition coefficient (Wildman–Crippen LogP) is 2.93. The molecule has 1 saturated heterocycles. The van der Waals surface area contributed by atoms with Gasteiger partial charge in [-0.1, -0.05) is 13.0 Å². The number of nitro benzene ring substituents is 1. The van der Waals surface area contributed by atoms with Gasteiger partial charge in [0.25, 0.3) is 5.69 Å². The largest absolute Gasteiger partial charge is 0.316 e. The number of carbonyl (C=O) groups excluding carboxylic acids is 1. The predicted molar refractivity (Wildman–Crippen MR) is 95.8 cm³/mol. The SMILES string of the molecule is CC(CC(=O)N1CCc2ccc([N+](=O)[O-])cc21)C1CCCNC1.Cl. The van der Waals surface area contributed by atoms with Crippen molar-refractivity contribution in [1.82, 2.24) is 5.32 Å². The highest BCUT2D eigenvalue weighted by atomic mass is 35.5. The fourth-order valence-corrected chi connectivity index (χ4v) is 3.66. The lowest BCUT2D eigenvalue weighted by Gasteiger charge is -2.29. The zero-order valence-electron chi connectivity index (χ0n) is 13.9. The van der Waals surface area contributed by atoms with Crippen molar-refractivity contribution in [2.45, 2.75) is 32.6 Å². The number of nitrogens with zero attached hydrogens (tertiary/aromatic N) is 2. The van der Waals surface area contributed by atoms with Crippen molar-refractivity contribution < 1.29 is 9.72 Å². The fraction of sp³-hybridized carbons (Fsp3) is 0.588. The van der Waals surface area contributed by atoms with Crippen molar-refractivity contribution in [3.8, 4) is 0 Å². The summed E-state index contributed by atoms with van der Waals surface area (Å²) in [6, 6.07) is 4.82. The van der Waals surface area contributed by atoms with E-state index in [0.29, 0.717) is 24.8 Å². The molecule has 0 spiro atoms. The molecule has 132 valence electrons. The minimum Gasteiger partial charge on any atom is -0.316 e. The van der Waals surface area contributed by atoms with E-state index in [1.165, 1.54) is 25.0 Å². The van der Waals surface area contributed by atoms with Crippen LogP contribution < -0.4 is 10.2 Å². The Bertz CT molecular complexity index is 617. The molecular weight excluding hydrogens is 330 g/mol. The van der Waals surface area contributed by atoms with Gasteiger partial charge in [0.2, 0.25) is 5.91 Å². The Morgan fingerprint density at radius 2 is 2.29 bits per heavy atom. The molecule has 2 aliphatic heterocycles. The van der Waals surface area contributed by atoms with Gasteiger partial charge < -0.3 is 10.2 Å². The molecule has 1 amide bonds. The lowest BCUT2D eigenvalue weighted by atomic mass is 9.85. The van der Waals surface area contributed by atoms with Gasteiger partial charge in [0.05, 0.1) is 10.6 Å². The molecule has 2 unspecified atom stereocenters. The van der Waals surface area contributed by atoms with Crippen molar-refractivity contribution in [3.05, 3.63) is 33.9 Å². The Hall–Kier alpha value is -1.66. The summed E-state index contributed by atoms with van der Waals surface area (Å²) in [5.41, 5.74) is 1.79. The van der Waals surface area contributed by atoms with Gasteiger partial charge in [0.1, 0.15) is 0 Å². The second-order valence-electron chi connectivity index (χ2n) is 6.65. The van der Waals surface area contributed by atoms with E-state index in [1.807, 2.05) is 0 Å². The first-order chi connectivity index (χ1) is 11.1. The van der Waals surface area contributed by atoms with Gasteiger partial charge in [0, 0.05) is 25.1 Å². The number of nitro groups is 1. The van der Waals surface area contributed by atoms with Crippen LogP contribution in [-0.4, -0.2) is 30.5 Å². The van der Waals surface area contributed by atoms with Gasteiger partial charge in [0.15, 0.2) is 0 Å². The minimum atomic E-state index is -0.405. The Morgan fingerprint density at radius 1 is 1.50 bits per heavy atom. The Labute approximate surface area is 148 Å². The van der Waals surface area contributed by atoms with Gasteiger partial charge in [-0.05, 0) is 49.8 Å². The number of anilines is 1. The summed E-state index contributed by atoms with van der Waals surface area (Å²) >= 11 is 0. The van der Waals surface area contributed by atoms with Gasteiger partial charge in [-0.2, -0.15) is 0 Å². The summed E-state index contributed by atoms with van der Waals surface area (Å²) in [4.78, 5) is 25.0. The van der Waals surface area contributed by atoms with Crippen molar-refractivity contribution in [2.24, 2.45) is 11.8 Å². The highest BCUT2D eigenvalue weighted by Gasteiger charge is 2.29. The highest BCUT2D eigenvalue weighted by molar-refractivity contribution is 5.96. The molecule has 1 aromatic rings. The number of hydrogen-bond acceptors (Lipinski definition) is 4. The summed E-state index contributed by atoms with van der Waals surface area (Å²) in [6.07, 6.45) is 3.62. The third-order valence-corrected chi connectivity index (χ3v) is 5.11. The molecule has 1 aromatic carbocycles. The van der Waals surface area contributed by atoms with E-state index in [2.05, 4.69) is 12.2 Å². The molecule has 0 aromatic heterocycles. The quantitative estimate of drug-likeness (QED) is 0.667. The number of nitrogens with one attached hydrogen (secondary N) is 1. The van der Waals surface area contributed by atoms with Crippen LogP contribution in [0.1, 0.15) is 31.7 Å². The van der Waals surface area contributed by atoms with Gasteiger partial charge in [-0.3, -0.25) is 14.9 Å². The number of rotatable bonds is 4. The zero-order chi connectivity index (χ0) is 16.4. The van der Waals surface area contributed by atoms with Crippen LogP contribution in [0.15, 0.2) is 18.2 Å². The third-order valence-electron chi connectivity index (χ3n) is 5.11. The van der Waals surface area contributed by atoms with Crippen LogP contribution in [-0.2, 0) is 11.2 Å². The van der Waals surface area contributed by atoms with E-state index in [1.54, 1.807) is 11.0 Å². The summed E-state index contributed by atoms with van der Waals surface area (Å²) in [7, 11) is 0. The van der Waals surface area contributed by atoms with Crippen LogP contribution in [0, 0.1) is 22.0 Å². The number of non-ortho nitro benzene ring substituents is 1. The molecule has 7 heteroatoms. The molecule has 6 nitrogen and oxygen atoms in total. The summed E-state index contributed by atoms with van der Waals surface area (Å²) in [6.45, 7) is 4.82. The molecule has 2 heterocycles. The Morgan fingerprint density at radius 3 is 2.96 bits per heavy atom. The van der Waals surface area contributed by atoms with Crippen LogP contribution in [0.4, 0.5) is 11.4 Å². The van der Waals surface area contributed by atoms with E-state index in [9.17, 15) is 14.9 Å². The molecular formula is C17H24ClN3O3. The maximum atomic E-state index is 12.7. The average Bonchev–Trinajstić information content (AvgIpc) is 2.98. The fourth-order valence-electron chi connectivity index (χ4n) is 3.66. The molecule has 2 atom stereocenters. The Kier molecular flexibility index (Phi) is 6.18. The first-order valence-electron chi connectivity index (χ1n) is 8.34. The number of amides is 1. The minimum absolute atomic E-state index is 0. The van der Waals surface area contributed by atoms with Gasteiger partial charge in [-0.15, -0.1) is 12.4 Å². The number of halogens is 1. The van der Waals surface area contributed by atoms with Crippen LogP contribution in [0.2, 0.25) is 0 Å². The smallest absolute Gasteiger partial charge is 0.271 e. The number of fused-ring (bicyclic) bond motifs is 1. The molecule has 0 saturated carbocycles. The van der Waals surface area contributed by atoms with Crippen molar-refractivity contribution >= 4 is 29.7 Å². The number of piperidine rings is 1. The molecule has 1 N–H and O–H groups in total. The Balaban J connectivity index is 0.00000208. The lowest BCUT2D eigenvalue weighted by molar-refractivity contribution is -0.384. The summed E-state index contributed by atoms with van der Waals surface area (Å²) < 4.78 is 0. The molecule has 24 heavy (non-hydrogen) atoms. The molecule has 3 rings (SSSR count). The zero-order valence-corrected chi connectivity index (χ0v) is 14.7. The number of carbonyl (C=O) groups is 1. The van der Waals surface area contributed by atoms with Crippen molar-refractivity contribution in [1.29, 1.82) is 0 Å².